The summed E-state index contributed by atoms with van der Waals surface area (Å²) >= 11 is 0. The third-order valence-electron chi connectivity index (χ3n) is 2.90. The average molecular weight is 277 g/mol. The fourth-order valence-electron chi connectivity index (χ4n) is 1.92. The number of H-pyrrole nitrogens is 1. The normalized spacial score (nSPS) is 9.71. The van der Waals surface area contributed by atoms with Crippen LogP contribution in [0.5, 0.6) is 0 Å². The molecule has 0 fully saturated rings. The maximum absolute atomic E-state index is 4.18. The minimum Gasteiger partial charge on any atom is -0.345 e. The molecule has 0 radical (unpaired) electrons. The second-order valence-corrected chi connectivity index (χ2v) is 4.54. The van der Waals surface area contributed by atoms with Crippen LogP contribution < -0.4 is 0 Å². The molecule has 0 unspecified atom stereocenters. The molecule has 0 bridgehead atoms. The maximum Gasteiger partial charge on any atom is 0.110 e. The molecule has 0 atom stereocenters. The predicted octanol–water partition coefficient (Wildman–Crippen LogP) is 4.10. The van der Waals surface area contributed by atoms with Gasteiger partial charge in [0.05, 0.1) is 5.52 Å². The second kappa shape index (κ2) is 7.80. The first-order valence-corrected chi connectivity index (χ1v) is 6.88. The molecule has 0 aliphatic carbocycles. The third kappa shape index (κ3) is 4.42. The van der Waals surface area contributed by atoms with Crippen LogP contribution in [-0.2, 0) is 12.8 Å². The van der Waals surface area contributed by atoms with Gasteiger partial charge in [0.2, 0.25) is 0 Å². The Morgan fingerprint density at radius 2 is 1.71 bits per heavy atom. The van der Waals surface area contributed by atoms with Crippen LogP contribution in [0.4, 0.5) is 0 Å². The van der Waals surface area contributed by atoms with E-state index in [0.717, 1.165) is 29.9 Å². The van der Waals surface area contributed by atoms with Crippen LogP contribution in [0.2, 0.25) is 0 Å². The molecule has 1 N–H and O–H groups in total. The third-order valence-corrected chi connectivity index (χ3v) is 2.90. The van der Waals surface area contributed by atoms with E-state index >= 15 is 0 Å². The topological polar surface area (TPSA) is 41.6 Å². The van der Waals surface area contributed by atoms with E-state index in [1.54, 1.807) is 0 Å². The number of aromatic nitrogens is 3. The van der Waals surface area contributed by atoms with Crippen molar-refractivity contribution >= 4 is 10.9 Å². The number of para-hydroxylation sites is 1. The van der Waals surface area contributed by atoms with Crippen molar-refractivity contribution in [3.63, 3.8) is 0 Å². The van der Waals surface area contributed by atoms with Crippen molar-refractivity contribution in [2.75, 3.05) is 0 Å². The SMILES string of the molecule is C=CCc1cnc(CC=C)[nH]1.c1ccc2ncccc2c1. The van der Waals surface area contributed by atoms with Crippen LogP contribution in [0.15, 0.2) is 74.1 Å². The molecule has 106 valence electrons. The van der Waals surface area contributed by atoms with Crippen molar-refractivity contribution in [3.05, 3.63) is 85.6 Å². The maximum atomic E-state index is 4.18. The lowest BCUT2D eigenvalue weighted by Crippen LogP contribution is -1.84. The molecule has 3 aromatic rings. The Hall–Kier alpha value is -2.68. The number of fused-ring (bicyclic) bond motifs is 1. The summed E-state index contributed by atoms with van der Waals surface area (Å²) in [6.07, 6.45) is 8.98. The first-order chi connectivity index (χ1) is 10.3. The number of rotatable bonds is 4. The summed E-state index contributed by atoms with van der Waals surface area (Å²) in [6, 6.07) is 12.1. The molecule has 3 heteroatoms. The summed E-state index contributed by atoms with van der Waals surface area (Å²) in [5.41, 5.74) is 2.17. The van der Waals surface area contributed by atoms with E-state index in [2.05, 4.69) is 40.2 Å². The van der Waals surface area contributed by atoms with Gasteiger partial charge in [-0.3, -0.25) is 4.98 Å². The van der Waals surface area contributed by atoms with Gasteiger partial charge in [-0.2, -0.15) is 0 Å². The van der Waals surface area contributed by atoms with Crippen molar-refractivity contribution in [2.24, 2.45) is 0 Å². The Morgan fingerprint density at radius 1 is 0.952 bits per heavy atom. The molecule has 21 heavy (non-hydrogen) atoms. The van der Waals surface area contributed by atoms with Crippen molar-refractivity contribution in [2.45, 2.75) is 12.8 Å². The quantitative estimate of drug-likeness (QED) is 0.729. The number of imidazole rings is 1. The zero-order chi connectivity index (χ0) is 14.9. The van der Waals surface area contributed by atoms with E-state index < -0.39 is 0 Å². The van der Waals surface area contributed by atoms with Gasteiger partial charge in [-0.15, -0.1) is 13.2 Å². The Bertz CT molecular complexity index is 623. The van der Waals surface area contributed by atoms with E-state index in [9.17, 15) is 0 Å². The van der Waals surface area contributed by atoms with Crippen LogP contribution in [0, 0.1) is 0 Å². The highest BCUT2D eigenvalue weighted by atomic mass is 14.9. The molecular formula is C18H19N3. The number of allylic oxidation sites excluding steroid dienone is 2. The van der Waals surface area contributed by atoms with Crippen molar-refractivity contribution in [3.8, 4) is 0 Å². The largest absolute Gasteiger partial charge is 0.345 e. The van der Waals surface area contributed by atoms with Gasteiger partial charge in [-0.05, 0) is 12.1 Å². The highest BCUT2D eigenvalue weighted by Gasteiger charge is 1.95. The van der Waals surface area contributed by atoms with Crippen LogP contribution in [-0.4, -0.2) is 15.0 Å². The molecule has 1 aromatic carbocycles. The van der Waals surface area contributed by atoms with Gasteiger partial charge in [-0.1, -0.05) is 36.4 Å². The molecule has 3 nitrogen and oxygen atoms in total. The fourth-order valence-corrected chi connectivity index (χ4v) is 1.92. The van der Waals surface area contributed by atoms with Crippen LogP contribution in [0.25, 0.3) is 10.9 Å². The van der Waals surface area contributed by atoms with Gasteiger partial charge in [0.1, 0.15) is 5.82 Å². The molecule has 2 heterocycles. The van der Waals surface area contributed by atoms with Crippen LogP contribution in [0.1, 0.15) is 11.5 Å². The fraction of sp³-hybridized carbons (Fsp3) is 0.111. The zero-order valence-electron chi connectivity index (χ0n) is 12.0. The van der Waals surface area contributed by atoms with Gasteiger partial charge in [0.15, 0.2) is 0 Å². The van der Waals surface area contributed by atoms with Gasteiger partial charge in [-0.25, -0.2) is 4.98 Å². The lowest BCUT2D eigenvalue weighted by molar-refractivity contribution is 1.03. The average Bonchev–Trinajstić information content (AvgIpc) is 2.96. The van der Waals surface area contributed by atoms with E-state index in [-0.39, 0.29) is 0 Å². The van der Waals surface area contributed by atoms with E-state index in [4.69, 9.17) is 0 Å². The number of hydrogen-bond acceptors (Lipinski definition) is 2. The molecule has 0 saturated heterocycles. The van der Waals surface area contributed by atoms with Crippen LogP contribution in [0.3, 0.4) is 0 Å². The highest BCUT2D eigenvalue weighted by Crippen LogP contribution is 2.07. The summed E-state index contributed by atoms with van der Waals surface area (Å²) in [4.78, 5) is 11.5. The standard InChI is InChI=1S/C9H12N2.C9H7N/c1-3-5-8-7-10-9(11-8)6-4-2;1-2-6-9-8(4-1)5-3-7-10-9/h3-4,7H,1-2,5-6H2,(H,10,11);1-7H. The van der Waals surface area contributed by atoms with Gasteiger partial charge >= 0.3 is 0 Å². The zero-order valence-corrected chi connectivity index (χ0v) is 12.0. The molecular weight excluding hydrogens is 258 g/mol. The minimum atomic E-state index is 0.803. The number of hydrogen-bond donors (Lipinski definition) is 1. The summed E-state index contributed by atoms with van der Waals surface area (Å²) in [5.74, 6) is 0.969. The molecule has 0 aliphatic rings. The molecule has 0 aliphatic heterocycles. The van der Waals surface area contributed by atoms with Crippen LogP contribution >= 0.6 is 0 Å². The molecule has 2 aromatic heterocycles. The van der Waals surface area contributed by atoms with E-state index in [1.165, 1.54) is 5.39 Å². The smallest absolute Gasteiger partial charge is 0.110 e. The molecule has 0 saturated carbocycles. The lowest BCUT2D eigenvalue weighted by Gasteiger charge is -1.91. The predicted molar refractivity (Wildman–Crippen MR) is 88.1 cm³/mol. The molecule has 0 amide bonds. The van der Waals surface area contributed by atoms with Crippen molar-refractivity contribution in [1.82, 2.24) is 15.0 Å². The number of aromatic amines is 1. The van der Waals surface area contributed by atoms with Crippen molar-refractivity contribution < 1.29 is 0 Å². The van der Waals surface area contributed by atoms with Gasteiger partial charge in [0, 0.05) is 36.3 Å². The summed E-state index contributed by atoms with van der Waals surface area (Å²) in [6.45, 7) is 7.27. The Morgan fingerprint density at radius 3 is 2.48 bits per heavy atom. The number of nitrogens with one attached hydrogen (secondary N) is 1. The second-order valence-electron chi connectivity index (χ2n) is 4.54. The monoisotopic (exact) mass is 277 g/mol. The summed E-state index contributed by atoms with van der Waals surface area (Å²) in [7, 11) is 0. The molecule has 3 rings (SSSR count). The van der Waals surface area contributed by atoms with E-state index in [1.807, 2.05) is 48.8 Å². The minimum absolute atomic E-state index is 0.803. The number of benzene rings is 1. The van der Waals surface area contributed by atoms with Gasteiger partial charge < -0.3 is 4.98 Å². The number of nitrogens with zero attached hydrogens (tertiary/aromatic N) is 2. The Labute approximate surface area is 125 Å². The number of pyridine rings is 1. The Balaban J connectivity index is 0.000000154. The first-order valence-electron chi connectivity index (χ1n) is 6.88. The summed E-state index contributed by atoms with van der Waals surface area (Å²) < 4.78 is 0. The molecule has 0 spiro atoms. The first kappa shape index (κ1) is 14.7. The van der Waals surface area contributed by atoms with Crippen molar-refractivity contribution in [1.29, 1.82) is 0 Å². The highest BCUT2D eigenvalue weighted by molar-refractivity contribution is 5.77. The lowest BCUT2D eigenvalue weighted by atomic mass is 10.2. The Kier molecular flexibility index (Phi) is 5.47. The van der Waals surface area contributed by atoms with E-state index in [0.29, 0.717) is 0 Å². The van der Waals surface area contributed by atoms with Gasteiger partial charge in [0.25, 0.3) is 0 Å². The summed E-state index contributed by atoms with van der Waals surface area (Å²) in [5, 5.41) is 1.20.